The van der Waals surface area contributed by atoms with E-state index in [0.29, 0.717) is 50.9 Å². The first-order chi connectivity index (χ1) is 17.6. The summed E-state index contributed by atoms with van der Waals surface area (Å²) >= 11 is 0. The van der Waals surface area contributed by atoms with E-state index in [1.807, 2.05) is 42.5 Å². The lowest BCUT2D eigenvalue weighted by atomic mass is 10.0. The van der Waals surface area contributed by atoms with Gasteiger partial charge in [-0.05, 0) is 47.5 Å². The van der Waals surface area contributed by atoms with E-state index in [0.717, 1.165) is 16.8 Å². The zero-order chi connectivity index (χ0) is 24.9. The molecule has 0 radical (unpaired) electrons. The number of nitrogens with one attached hydrogen (secondary N) is 1. The van der Waals surface area contributed by atoms with Crippen LogP contribution in [-0.2, 0) is 16.0 Å². The Balaban J connectivity index is 1.26. The van der Waals surface area contributed by atoms with Crippen molar-refractivity contribution in [2.45, 2.75) is 12.5 Å². The maximum Gasteiger partial charge on any atom is 0.249 e. The van der Waals surface area contributed by atoms with Gasteiger partial charge in [-0.3, -0.25) is 9.59 Å². The Morgan fingerprint density at radius 2 is 1.56 bits per heavy atom. The van der Waals surface area contributed by atoms with Gasteiger partial charge in [-0.2, -0.15) is 0 Å². The molecule has 1 fully saturated rings. The Morgan fingerprint density at radius 1 is 0.861 bits per heavy atom. The average molecular weight is 490 g/mol. The van der Waals surface area contributed by atoms with Gasteiger partial charge in [-0.15, -0.1) is 0 Å². The number of hydrogen-bond acceptors (Lipinski definition) is 5. The molecule has 36 heavy (non-hydrogen) atoms. The maximum atomic E-state index is 13.6. The molecule has 5 rings (SSSR count). The molecule has 186 valence electrons. The molecule has 0 bridgehead atoms. The quantitative estimate of drug-likeness (QED) is 0.575. The van der Waals surface area contributed by atoms with E-state index in [2.05, 4.69) is 10.2 Å². The SMILES string of the molecule is O=C(Cc1ccc2c(c1)OCCO2)NC(C(=O)N1CCN(c2ccc(F)cc2)CC1)c1ccccc1. The normalized spacial score (nSPS) is 15.8. The average Bonchev–Trinajstić information content (AvgIpc) is 2.92. The number of ether oxygens (including phenoxy) is 2. The van der Waals surface area contributed by atoms with Gasteiger partial charge in [0.25, 0.3) is 0 Å². The van der Waals surface area contributed by atoms with Gasteiger partial charge in [-0.1, -0.05) is 36.4 Å². The molecule has 0 saturated carbocycles. The van der Waals surface area contributed by atoms with Crippen LogP contribution in [-0.4, -0.2) is 56.1 Å². The molecule has 8 heteroatoms. The van der Waals surface area contributed by atoms with E-state index in [4.69, 9.17) is 9.47 Å². The molecule has 0 aromatic heterocycles. The smallest absolute Gasteiger partial charge is 0.249 e. The molecule has 0 aliphatic carbocycles. The minimum absolute atomic E-state index is 0.117. The molecule has 1 unspecified atom stereocenters. The second kappa shape index (κ2) is 10.7. The summed E-state index contributed by atoms with van der Waals surface area (Å²) in [5, 5.41) is 2.95. The fourth-order valence-electron chi connectivity index (χ4n) is 4.55. The Labute approximate surface area is 209 Å². The second-order valence-electron chi connectivity index (χ2n) is 8.85. The highest BCUT2D eigenvalue weighted by atomic mass is 19.1. The topological polar surface area (TPSA) is 71.1 Å². The highest BCUT2D eigenvalue weighted by molar-refractivity contribution is 5.89. The van der Waals surface area contributed by atoms with Crippen molar-refractivity contribution in [3.63, 3.8) is 0 Å². The van der Waals surface area contributed by atoms with Crippen LogP contribution in [0.3, 0.4) is 0 Å². The number of halogens is 1. The van der Waals surface area contributed by atoms with Crippen molar-refractivity contribution < 1.29 is 23.5 Å². The lowest BCUT2D eigenvalue weighted by molar-refractivity contribution is -0.136. The van der Waals surface area contributed by atoms with E-state index in [9.17, 15) is 14.0 Å². The van der Waals surface area contributed by atoms with Crippen LogP contribution in [0.5, 0.6) is 11.5 Å². The van der Waals surface area contributed by atoms with Gasteiger partial charge in [0.1, 0.15) is 25.1 Å². The molecule has 2 heterocycles. The first-order valence-corrected chi connectivity index (χ1v) is 12.1. The zero-order valence-electron chi connectivity index (χ0n) is 19.9. The van der Waals surface area contributed by atoms with E-state index in [-0.39, 0.29) is 24.1 Å². The standard InChI is InChI=1S/C28H28FN3O4/c29-22-7-9-23(10-8-22)31-12-14-32(15-13-31)28(34)27(21-4-2-1-3-5-21)30-26(33)19-20-6-11-24-25(18-20)36-17-16-35-24/h1-11,18,27H,12-17,19H2,(H,30,33). The molecular weight excluding hydrogens is 461 g/mol. The largest absolute Gasteiger partial charge is 0.486 e. The van der Waals surface area contributed by atoms with Gasteiger partial charge in [0.15, 0.2) is 11.5 Å². The predicted molar refractivity (Wildman–Crippen MR) is 134 cm³/mol. The zero-order valence-corrected chi connectivity index (χ0v) is 19.9. The minimum atomic E-state index is -0.784. The van der Waals surface area contributed by atoms with Crippen molar-refractivity contribution in [2.24, 2.45) is 0 Å². The van der Waals surface area contributed by atoms with Crippen molar-refractivity contribution >= 4 is 17.5 Å². The van der Waals surface area contributed by atoms with Gasteiger partial charge in [0.2, 0.25) is 11.8 Å². The van der Waals surface area contributed by atoms with Crippen LogP contribution >= 0.6 is 0 Å². The number of nitrogens with zero attached hydrogens (tertiary/aromatic N) is 2. The van der Waals surface area contributed by atoms with Crippen LogP contribution in [0.4, 0.5) is 10.1 Å². The Kier molecular flexibility index (Phi) is 7.02. The fraction of sp³-hybridized carbons (Fsp3) is 0.286. The van der Waals surface area contributed by atoms with Crippen LogP contribution in [0.1, 0.15) is 17.2 Å². The van der Waals surface area contributed by atoms with E-state index in [1.165, 1.54) is 12.1 Å². The molecule has 2 aliphatic rings. The van der Waals surface area contributed by atoms with Gasteiger partial charge in [-0.25, -0.2) is 4.39 Å². The number of anilines is 1. The van der Waals surface area contributed by atoms with Crippen molar-refractivity contribution in [1.82, 2.24) is 10.2 Å². The number of piperazine rings is 1. The molecule has 3 aromatic rings. The molecule has 0 spiro atoms. The summed E-state index contributed by atoms with van der Waals surface area (Å²) in [4.78, 5) is 30.5. The van der Waals surface area contributed by atoms with Crippen LogP contribution in [0, 0.1) is 5.82 Å². The third kappa shape index (κ3) is 5.43. The highest BCUT2D eigenvalue weighted by Crippen LogP contribution is 2.31. The number of rotatable bonds is 6. The fourth-order valence-corrected chi connectivity index (χ4v) is 4.55. The summed E-state index contributed by atoms with van der Waals surface area (Å²) in [5.41, 5.74) is 2.44. The number of carbonyl (C=O) groups excluding carboxylic acids is 2. The summed E-state index contributed by atoms with van der Waals surface area (Å²) in [7, 11) is 0. The monoisotopic (exact) mass is 489 g/mol. The Bertz CT molecular complexity index is 1210. The van der Waals surface area contributed by atoms with E-state index >= 15 is 0 Å². The maximum absolute atomic E-state index is 13.6. The van der Waals surface area contributed by atoms with Crippen molar-refractivity contribution in [3.8, 4) is 11.5 Å². The summed E-state index contributed by atoms with van der Waals surface area (Å²) in [6.45, 7) is 3.26. The number of hydrogen-bond donors (Lipinski definition) is 1. The Hall–Kier alpha value is -4.07. The van der Waals surface area contributed by atoms with Crippen molar-refractivity contribution in [1.29, 1.82) is 0 Å². The van der Waals surface area contributed by atoms with Gasteiger partial charge >= 0.3 is 0 Å². The van der Waals surface area contributed by atoms with E-state index < -0.39 is 6.04 Å². The number of benzene rings is 3. The van der Waals surface area contributed by atoms with Crippen LogP contribution < -0.4 is 19.7 Å². The first kappa shape index (κ1) is 23.7. The third-order valence-electron chi connectivity index (χ3n) is 6.44. The van der Waals surface area contributed by atoms with Crippen molar-refractivity contribution in [3.05, 3.63) is 89.7 Å². The number of carbonyl (C=O) groups is 2. The first-order valence-electron chi connectivity index (χ1n) is 12.1. The van der Waals surface area contributed by atoms with E-state index in [1.54, 1.807) is 23.1 Å². The second-order valence-corrected chi connectivity index (χ2v) is 8.85. The van der Waals surface area contributed by atoms with Gasteiger partial charge in [0, 0.05) is 31.9 Å². The molecular formula is C28H28FN3O4. The van der Waals surface area contributed by atoms with Crippen LogP contribution in [0.25, 0.3) is 0 Å². The lowest BCUT2D eigenvalue weighted by Gasteiger charge is -2.37. The predicted octanol–water partition coefficient (Wildman–Crippen LogP) is 3.35. The van der Waals surface area contributed by atoms with Gasteiger partial charge < -0.3 is 24.6 Å². The minimum Gasteiger partial charge on any atom is -0.486 e. The third-order valence-corrected chi connectivity index (χ3v) is 6.44. The van der Waals surface area contributed by atoms with Crippen LogP contribution in [0.15, 0.2) is 72.8 Å². The molecule has 3 aromatic carbocycles. The summed E-state index contributed by atoms with van der Waals surface area (Å²) in [6, 6.07) is 20.3. The van der Waals surface area contributed by atoms with Crippen molar-refractivity contribution in [2.75, 3.05) is 44.3 Å². The molecule has 2 aliphatic heterocycles. The summed E-state index contributed by atoms with van der Waals surface area (Å²) in [6.07, 6.45) is 0.117. The highest BCUT2D eigenvalue weighted by Gasteiger charge is 2.30. The summed E-state index contributed by atoms with van der Waals surface area (Å²) in [5.74, 6) is 0.628. The Morgan fingerprint density at radius 3 is 2.28 bits per heavy atom. The summed E-state index contributed by atoms with van der Waals surface area (Å²) < 4.78 is 24.4. The lowest BCUT2D eigenvalue weighted by Crippen LogP contribution is -2.52. The number of amides is 2. The number of fused-ring (bicyclic) bond motifs is 1. The van der Waals surface area contributed by atoms with Crippen LogP contribution in [0.2, 0.25) is 0 Å². The molecule has 2 amide bonds. The molecule has 1 N–H and O–H groups in total. The molecule has 1 saturated heterocycles. The van der Waals surface area contributed by atoms with Gasteiger partial charge in [0.05, 0.1) is 6.42 Å². The molecule has 1 atom stereocenters. The molecule has 7 nitrogen and oxygen atoms in total.